The van der Waals surface area contributed by atoms with E-state index in [0.29, 0.717) is 12.4 Å². The fraction of sp³-hybridized carbons (Fsp3) is 0.0833. The maximum atomic E-state index is 5.57. The van der Waals surface area contributed by atoms with Gasteiger partial charge in [0.25, 0.3) is 0 Å². The Hall–Kier alpha value is -2.43. The number of aromatic amines is 1. The van der Waals surface area contributed by atoms with Crippen LogP contribution in [0.1, 0.15) is 5.82 Å². The third-order valence-electron chi connectivity index (χ3n) is 2.48. The highest BCUT2D eigenvalue weighted by Gasteiger charge is 2.00. The van der Waals surface area contributed by atoms with E-state index in [1.54, 1.807) is 0 Å². The Kier molecular flexibility index (Phi) is 2.42. The molecule has 0 amide bonds. The van der Waals surface area contributed by atoms with E-state index in [9.17, 15) is 0 Å². The van der Waals surface area contributed by atoms with Crippen molar-refractivity contribution in [1.29, 1.82) is 0 Å². The van der Waals surface area contributed by atoms with Gasteiger partial charge in [-0.25, -0.2) is 0 Å². The van der Waals surface area contributed by atoms with Gasteiger partial charge in [0.15, 0.2) is 6.61 Å². The lowest BCUT2D eigenvalue weighted by Crippen LogP contribution is -1.97. The predicted molar refractivity (Wildman–Crippen MR) is 62.5 cm³/mol. The van der Waals surface area contributed by atoms with Crippen molar-refractivity contribution in [2.45, 2.75) is 6.61 Å². The molecule has 0 radical (unpaired) electrons. The number of tetrazole rings is 1. The number of hydrogen-bond donors (Lipinski definition) is 1. The molecule has 1 heterocycles. The Morgan fingerprint density at radius 1 is 1.06 bits per heavy atom. The van der Waals surface area contributed by atoms with Gasteiger partial charge in [0.1, 0.15) is 5.75 Å². The summed E-state index contributed by atoms with van der Waals surface area (Å²) in [6.45, 7) is 0.314. The average Bonchev–Trinajstić information content (AvgIpc) is 2.89. The summed E-state index contributed by atoms with van der Waals surface area (Å²) in [6, 6.07) is 14.1. The molecule has 0 saturated carbocycles. The Bertz CT molecular complexity index is 621. The number of ether oxygens (including phenoxy) is 1. The van der Waals surface area contributed by atoms with E-state index < -0.39 is 0 Å². The molecule has 3 rings (SSSR count). The summed E-state index contributed by atoms with van der Waals surface area (Å²) in [7, 11) is 0. The second-order valence-electron chi connectivity index (χ2n) is 3.63. The van der Waals surface area contributed by atoms with E-state index in [4.69, 9.17) is 4.74 Å². The largest absolute Gasteiger partial charge is 0.485 e. The first-order valence-corrected chi connectivity index (χ1v) is 5.26. The van der Waals surface area contributed by atoms with Gasteiger partial charge in [-0.05, 0) is 22.9 Å². The van der Waals surface area contributed by atoms with E-state index >= 15 is 0 Å². The van der Waals surface area contributed by atoms with Crippen molar-refractivity contribution in [2.24, 2.45) is 0 Å². The van der Waals surface area contributed by atoms with E-state index in [2.05, 4.69) is 32.8 Å². The molecule has 84 valence electrons. The number of nitrogens with zero attached hydrogens (tertiary/aromatic N) is 3. The molecule has 5 heteroatoms. The van der Waals surface area contributed by atoms with Crippen LogP contribution in [-0.2, 0) is 6.61 Å². The van der Waals surface area contributed by atoms with Crippen LogP contribution < -0.4 is 4.74 Å². The van der Waals surface area contributed by atoms with Crippen LogP contribution in [0.15, 0.2) is 42.5 Å². The fourth-order valence-corrected chi connectivity index (χ4v) is 1.65. The molecule has 0 spiro atoms. The van der Waals surface area contributed by atoms with E-state index in [1.165, 1.54) is 5.39 Å². The van der Waals surface area contributed by atoms with Gasteiger partial charge in [0.2, 0.25) is 5.82 Å². The van der Waals surface area contributed by atoms with Crippen LogP contribution in [0, 0.1) is 0 Å². The lowest BCUT2D eigenvalue weighted by atomic mass is 10.1. The van der Waals surface area contributed by atoms with Crippen LogP contribution >= 0.6 is 0 Å². The highest BCUT2D eigenvalue weighted by atomic mass is 16.5. The Labute approximate surface area is 97.4 Å². The topological polar surface area (TPSA) is 63.7 Å². The number of nitrogens with one attached hydrogen (secondary N) is 1. The van der Waals surface area contributed by atoms with Crippen molar-refractivity contribution in [3.05, 3.63) is 48.3 Å². The SMILES string of the molecule is c1ccc2cc(OCc3nn[nH]n3)ccc2c1. The first-order valence-electron chi connectivity index (χ1n) is 5.26. The van der Waals surface area contributed by atoms with Crippen molar-refractivity contribution >= 4 is 10.8 Å². The summed E-state index contributed by atoms with van der Waals surface area (Å²) in [6.07, 6.45) is 0. The third-order valence-corrected chi connectivity index (χ3v) is 2.48. The van der Waals surface area contributed by atoms with Crippen LogP contribution in [0.5, 0.6) is 5.75 Å². The zero-order valence-electron chi connectivity index (χ0n) is 9.00. The van der Waals surface area contributed by atoms with Gasteiger partial charge in [0.05, 0.1) is 0 Å². The lowest BCUT2D eigenvalue weighted by Gasteiger charge is -2.04. The zero-order chi connectivity index (χ0) is 11.5. The van der Waals surface area contributed by atoms with Crippen LogP contribution in [0.25, 0.3) is 10.8 Å². The fourth-order valence-electron chi connectivity index (χ4n) is 1.65. The summed E-state index contributed by atoms with van der Waals surface area (Å²) >= 11 is 0. The maximum absolute atomic E-state index is 5.57. The van der Waals surface area contributed by atoms with Gasteiger partial charge < -0.3 is 4.74 Å². The lowest BCUT2D eigenvalue weighted by molar-refractivity contribution is 0.296. The molecule has 0 aliphatic carbocycles. The number of rotatable bonds is 3. The number of aromatic nitrogens is 4. The highest BCUT2D eigenvalue weighted by molar-refractivity contribution is 5.83. The smallest absolute Gasteiger partial charge is 0.211 e. The normalized spacial score (nSPS) is 10.6. The van der Waals surface area contributed by atoms with Crippen LogP contribution in [-0.4, -0.2) is 20.6 Å². The minimum atomic E-state index is 0.314. The molecule has 0 aliphatic heterocycles. The van der Waals surface area contributed by atoms with Crippen LogP contribution in [0.4, 0.5) is 0 Å². The molecule has 3 aromatic rings. The van der Waals surface area contributed by atoms with E-state index in [0.717, 1.165) is 11.1 Å². The molecular formula is C12H10N4O. The van der Waals surface area contributed by atoms with Crippen molar-refractivity contribution in [2.75, 3.05) is 0 Å². The zero-order valence-corrected chi connectivity index (χ0v) is 9.00. The average molecular weight is 226 g/mol. The van der Waals surface area contributed by atoms with Crippen LogP contribution in [0.3, 0.4) is 0 Å². The first kappa shape index (κ1) is 9.77. The molecule has 1 N–H and O–H groups in total. The molecule has 0 bridgehead atoms. The highest BCUT2D eigenvalue weighted by Crippen LogP contribution is 2.20. The summed E-state index contributed by atoms with van der Waals surface area (Å²) in [5.74, 6) is 1.34. The van der Waals surface area contributed by atoms with Gasteiger partial charge in [-0.3, -0.25) is 0 Å². The summed E-state index contributed by atoms with van der Waals surface area (Å²) < 4.78 is 5.57. The monoisotopic (exact) mass is 226 g/mol. The quantitative estimate of drug-likeness (QED) is 0.741. The van der Waals surface area contributed by atoms with Crippen molar-refractivity contribution < 1.29 is 4.74 Å². The first-order chi connectivity index (χ1) is 8.42. The number of benzene rings is 2. The molecule has 5 nitrogen and oxygen atoms in total. The molecule has 0 fully saturated rings. The standard InChI is InChI=1S/C12H10N4O/c1-2-4-10-7-11(6-5-9(10)3-1)17-8-12-13-15-16-14-12/h1-7H,8H2,(H,13,14,15,16). The van der Waals surface area contributed by atoms with Crippen molar-refractivity contribution in [3.63, 3.8) is 0 Å². The summed E-state index contributed by atoms with van der Waals surface area (Å²) in [4.78, 5) is 0. The van der Waals surface area contributed by atoms with Gasteiger partial charge in [-0.15, -0.1) is 10.2 Å². The molecule has 0 unspecified atom stereocenters. The molecule has 0 aliphatic rings. The third kappa shape index (κ3) is 2.08. The van der Waals surface area contributed by atoms with Gasteiger partial charge in [0, 0.05) is 0 Å². The second-order valence-corrected chi connectivity index (χ2v) is 3.63. The van der Waals surface area contributed by atoms with Gasteiger partial charge >= 0.3 is 0 Å². The molecular weight excluding hydrogens is 216 g/mol. The van der Waals surface area contributed by atoms with E-state index in [-0.39, 0.29) is 0 Å². The molecule has 1 aromatic heterocycles. The summed E-state index contributed by atoms with van der Waals surface area (Å²) in [5.41, 5.74) is 0. The number of H-pyrrole nitrogens is 1. The van der Waals surface area contributed by atoms with Crippen molar-refractivity contribution in [1.82, 2.24) is 20.6 Å². The summed E-state index contributed by atoms with van der Waals surface area (Å²) in [5, 5.41) is 15.8. The van der Waals surface area contributed by atoms with Gasteiger partial charge in [-0.2, -0.15) is 5.21 Å². The van der Waals surface area contributed by atoms with Crippen LogP contribution in [0.2, 0.25) is 0 Å². The molecule has 0 saturated heterocycles. The van der Waals surface area contributed by atoms with Crippen molar-refractivity contribution in [3.8, 4) is 5.75 Å². The number of fused-ring (bicyclic) bond motifs is 1. The molecule has 2 aromatic carbocycles. The minimum absolute atomic E-state index is 0.314. The number of hydrogen-bond acceptors (Lipinski definition) is 4. The Morgan fingerprint density at radius 2 is 1.94 bits per heavy atom. The van der Waals surface area contributed by atoms with E-state index in [1.807, 2.05) is 30.3 Å². The predicted octanol–water partition coefficient (Wildman–Crippen LogP) is 1.93. The Balaban J connectivity index is 1.81. The second kappa shape index (κ2) is 4.21. The molecule has 17 heavy (non-hydrogen) atoms. The van der Waals surface area contributed by atoms with Gasteiger partial charge in [-0.1, -0.05) is 35.5 Å². The Morgan fingerprint density at radius 3 is 2.76 bits per heavy atom. The minimum Gasteiger partial charge on any atom is -0.485 e. The maximum Gasteiger partial charge on any atom is 0.211 e. The molecule has 0 atom stereocenters.